The minimum Gasteiger partial charge on any atom is -0.368 e. The van der Waals surface area contributed by atoms with Crippen LogP contribution in [0.1, 0.15) is 39.5 Å². The van der Waals surface area contributed by atoms with Gasteiger partial charge in [-0.3, -0.25) is 9.78 Å². The van der Waals surface area contributed by atoms with Gasteiger partial charge in [0.1, 0.15) is 0 Å². The Morgan fingerprint density at radius 2 is 1.72 bits per heavy atom. The van der Waals surface area contributed by atoms with Gasteiger partial charge in [-0.15, -0.1) is 0 Å². The molecule has 0 aliphatic carbocycles. The second-order valence-corrected chi connectivity index (χ2v) is 8.09. The molecule has 3 aromatic rings. The lowest BCUT2D eigenvalue weighted by molar-refractivity contribution is 0.103. The highest BCUT2D eigenvalue weighted by molar-refractivity contribution is 6.16. The standard InChI is InChI=1S/C25H29N3O/c1-5-27-10-12-28(13-11-27)24-21-14-17(2)6-9-23(21)26-16-22(24)25(29)20-8-7-18(3)19(4)15-20/h6-9,14-16H,5,10-13H2,1-4H3. The topological polar surface area (TPSA) is 36.4 Å². The van der Waals surface area contributed by atoms with Gasteiger partial charge in [0.05, 0.1) is 16.8 Å². The number of carbonyl (C=O) groups is 1. The van der Waals surface area contributed by atoms with E-state index in [2.05, 4.69) is 60.7 Å². The fourth-order valence-electron chi connectivity index (χ4n) is 4.13. The quantitative estimate of drug-likeness (QED) is 0.616. The molecule has 0 saturated carbocycles. The van der Waals surface area contributed by atoms with Gasteiger partial charge in [0.15, 0.2) is 5.78 Å². The Bertz CT molecular complexity index is 1070. The number of hydrogen-bond donors (Lipinski definition) is 0. The van der Waals surface area contributed by atoms with Gasteiger partial charge in [0, 0.05) is 43.3 Å². The first-order chi connectivity index (χ1) is 14.0. The van der Waals surface area contributed by atoms with Gasteiger partial charge >= 0.3 is 0 Å². The average molecular weight is 388 g/mol. The van der Waals surface area contributed by atoms with Crippen LogP contribution < -0.4 is 4.90 Å². The molecule has 4 nitrogen and oxygen atoms in total. The lowest BCUT2D eigenvalue weighted by Crippen LogP contribution is -2.46. The maximum Gasteiger partial charge on any atom is 0.196 e. The summed E-state index contributed by atoms with van der Waals surface area (Å²) in [5, 5.41) is 1.07. The number of piperazine rings is 1. The highest BCUT2D eigenvalue weighted by Crippen LogP contribution is 2.33. The van der Waals surface area contributed by atoms with Crippen molar-refractivity contribution in [3.05, 3.63) is 70.4 Å². The molecule has 1 saturated heterocycles. The minimum atomic E-state index is 0.0527. The van der Waals surface area contributed by atoms with Crippen LogP contribution in [0, 0.1) is 20.8 Å². The summed E-state index contributed by atoms with van der Waals surface area (Å²) in [5.41, 5.74) is 6.94. The number of aromatic nitrogens is 1. The molecule has 0 N–H and O–H groups in total. The number of anilines is 1. The number of pyridine rings is 1. The lowest BCUT2D eigenvalue weighted by atomic mass is 9.96. The van der Waals surface area contributed by atoms with E-state index in [1.807, 2.05) is 18.2 Å². The summed E-state index contributed by atoms with van der Waals surface area (Å²) >= 11 is 0. The third-order valence-electron chi connectivity index (χ3n) is 6.14. The van der Waals surface area contributed by atoms with Crippen molar-refractivity contribution in [3.63, 3.8) is 0 Å². The molecule has 2 aromatic carbocycles. The van der Waals surface area contributed by atoms with Crippen molar-refractivity contribution in [1.82, 2.24) is 9.88 Å². The highest BCUT2D eigenvalue weighted by Gasteiger charge is 2.24. The molecule has 4 rings (SSSR count). The van der Waals surface area contributed by atoms with Crippen molar-refractivity contribution >= 4 is 22.4 Å². The molecule has 4 heteroatoms. The predicted molar refractivity (Wildman–Crippen MR) is 120 cm³/mol. The Kier molecular flexibility index (Phi) is 5.37. The van der Waals surface area contributed by atoms with Crippen molar-refractivity contribution in [2.24, 2.45) is 0 Å². The third kappa shape index (κ3) is 3.77. The van der Waals surface area contributed by atoms with Gasteiger partial charge in [-0.2, -0.15) is 0 Å². The molecular weight excluding hydrogens is 358 g/mol. The van der Waals surface area contributed by atoms with Crippen LogP contribution in [0.5, 0.6) is 0 Å². The first kappa shape index (κ1) is 19.6. The zero-order chi connectivity index (χ0) is 20.5. The van der Waals surface area contributed by atoms with Crippen LogP contribution >= 0.6 is 0 Å². The molecular formula is C25H29N3O. The predicted octanol–water partition coefficient (Wildman–Crippen LogP) is 4.53. The van der Waals surface area contributed by atoms with E-state index in [0.717, 1.165) is 60.4 Å². The Labute approximate surface area is 173 Å². The first-order valence-electron chi connectivity index (χ1n) is 10.5. The zero-order valence-electron chi connectivity index (χ0n) is 17.8. The van der Waals surface area contributed by atoms with E-state index in [-0.39, 0.29) is 5.78 Å². The number of fused-ring (bicyclic) bond motifs is 1. The van der Waals surface area contributed by atoms with Crippen LogP contribution in [0.4, 0.5) is 5.69 Å². The Morgan fingerprint density at radius 3 is 2.41 bits per heavy atom. The van der Waals surface area contributed by atoms with E-state index in [1.54, 1.807) is 6.20 Å². The van der Waals surface area contributed by atoms with Gasteiger partial charge in [0.25, 0.3) is 0 Å². The fourth-order valence-corrected chi connectivity index (χ4v) is 4.13. The lowest BCUT2D eigenvalue weighted by Gasteiger charge is -2.37. The molecule has 29 heavy (non-hydrogen) atoms. The summed E-state index contributed by atoms with van der Waals surface area (Å²) in [6.07, 6.45) is 1.77. The summed E-state index contributed by atoms with van der Waals surface area (Å²) in [6.45, 7) is 13.4. The Morgan fingerprint density at radius 1 is 0.966 bits per heavy atom. The third-order valence-corrected chi connectivity index (χ3v) is 6.14. The van der Waals surface area contributed by atoms with Crippen molar-refractivity contribution in [1.29, 1.82) is 0 Å². The van der Waals surface area contributed by atoms with E-state index >= 15 is 0 Å². The summed E-state index contributed by atoms with van der Waals surface area (Å²) < 4.78 is 0. The number of rotatable bonds is 4. The summed E-state index contributed by atoms with van der Waals surface area (Å²) in [4.78, 5) is 23.0. The van der Waals surface area contributed by atoms with Crippen LogP contribution in [0.15, 0.2) is 42.6 Å². The first-order valence-corrected chi connectivity index (χ1v) is 10.5. The largest absolute Gasteiger partial charge is 0.368 e. The van der Waals surface area contributed by atoms with Crippen molar-refractivity contribution in [2.75, 3.05) is 37.6 Å². The molecule has 1 aliphatic heterocycles. The van der Waals surface area contributed by atoms with E-state index < -0.39 is 0 Å². The van der Waals surface area contributed by atoms with Gasteiger partial charge in [-0.25, -0.2) is 0 Å². The van der Waals surface area contributed by atoms with Crippen LogP contribution in [0.25, 0.3) is 10.9 Å². The number of hydrogen-bond acceptors (Lipinski definition) is 4. The normalized spacial score (nSPS) is 15.1. The van der Waals surface area contributed by atoms with Crippen molar-refractivity contribution in [3.8, 4) is 0 Å². The molecule has 0 radical (unpaired) electrons. The van der Waals surface area contributed by atoms with Crippen LogP contribution in [0.2, 0.25) is 0 Å². The summed E-state index contributed by atoms with van der Waals surface area (Å²) in [5.74, 6) is 0.0527. The molecule has 1 fully saturated rings. The van der Waals surface area contributed by atoms with Crippen LogP contribution in [0.3, 0.4) is 0 Å². The number of ketones is 1. The minimum absolute atomic E-state index is 0.0527. The second kappa shape index (κ2) is 7.96. The smallest absolute Gasteiger partial charge is 0.196 e. The summed E-state index contributed by atoms with van der Waals surface area (Å²) in [7, 11) is 0. The van der Waals surface area contributed by atoms with Crippen LogP contribution in [-0.4, -0.2) is 48.4 Å². The van der Waals surface area contributed by atoms with Gasteiger partial charge < -0.3 is 9.80 Å². The monoisotopic (exact) mass is 387 g/mol. The number of nitrogens with zero attached hydrogens (tertiary/aromatic N) is 3. The Hall–Kier alpha value is -2.72. The molecule has 1 aliphatic rings. The fraction of sp³-hybridized carbons (Fsp3) is 0.360. The summed E-state index contributed by atoms with van der Waals surface area (Å²) in [6, 6.07) is 12.3. The molecule has 0 spiro atoms. The maximum atomic E-state index is 13.5. The average Bonchev–Trinajstić information content (AvgIpc) is 2.74. The van der Waals surface area contributed by atoms with Gasteiger partial charge in [-0.1, -0.05) is 30.7 Å². The molecule has 150 valence electrons. The number of benzene rings is 2. The Balaban J connectivity index is 1.84. The zero-order valence-corrected chi connectivity index (χ0v) is 17.8. The number of aryl methyl sites for hydroxylation is 3. The molecule has 0 amide bonds. The van der Waals surface area contributed by atoms with E-state index in [0.29, 0.717) is 5.56 Å². The van der Waals surface area contributed by atoms with Gasteiger partial charge in [-0.05, 0) is 56.6 Å². The van der Waals surface area contributed by atoms with E-state index in [9.17, 15) is 4.79 Å². The van der Waals surface area contributed by atoms with Gasteiger partial charge in [0.2, 0.25) is 0 Å². The van der Waals surface area contributed by atoms with E-state index in [1.165, 1.54) is 11.1 Å². The van der Waals surface area contributed by atoms with Crippen molar-refractivity contribution in [2.45, 2.75) is 27.7 Å². The van der Waals surface area contributed by atoms with Crippen molar-refractivity contribution < 1.29 is 4.79 Å². The van der Waals surface area contributed by atoms with Crippen LogP contribution in [-0.2, 0) is 0 Å². The SMILES string of the molecule is CCN1CCN(c2c(C(=O)c3ccc(C)c(C)c3)cnc3ccc(C)cc23)CC1. The molecule has 2 heterocycles. The highest BCUT2D eigenvalue weighted by atomic mass is 16.1. The molecule has 0 unspecified atom stereocenters. The number of carbonyl (C=O) groups excluding carboxylic acids is 1. The molecule has 1 aromatic heterocycles. The van der Waals surface area contributed by atoms with E-state index in [4.69, 9.17) is 0 Å². The number of likely N-dealkylation sites (N-methyl/N-ethyl adjacent to an activating group) is 1. The molecule has 0 bridgehead atoms. The second-order valence-electron chi connectivity index (χ2n) is 8.09. The molecule has 0 atom stereocenters. The maximum absolute atomic E-state index is 13.5.